The summed E-state index contributed by atoms with van der Waals surface area (Å²) in [7, 11) is 0. The second-order valence-electron chi connectivity index (χ2n) is 17.6. The predicted molar refractivity (Wildman–Crippen MR) is 209 cm³/mol. The summed E-state index contributed by atoms with van der Waals surface area (Å²) in [6.45, 7) is -3.69. The average Bonchev–Trinajstić information content (AvgIpc) is 3.72. The maximum atomic E-state index is 11.7. The van der Waals surface area contributed by atoms with Gasteiger partial charge in [-0.05, 0) is 0 Å². The van der Waals surface area contributed by atoms with Gasteiger partial charge >= 0.3 is 0 Å². The van der Waals surface area contributed by atoms with E-state index in [2.05, 4.69) is 4.99 Å². The van der Waals surface area contributed by atoms with Crippen molar-refractivity contribution in [2.24, 2.45) is 4.99 Å². The first-order valence-corrected chi connectivity index (χ1v) is 22.0. The molecule has 0 unspecified atom stereocenters. The third-order valence-corrected chi connectivity index (χ3v) is 13.0. The minimum atomic E-state index is -2.15. The first-order valence-electron chi connectivity index (χ1n) is 22.0. The fraction of sp³-hybridized carbons (Fsp3) is 0.974. The molecule has 0 spiro atoms. The summed E-state index contributed by atoms with van der Waals surface area (Å²) in [4.78, 5) is 4.18. The third kappa shape index (κ3) is 11.2. The zero-order chi connectivity index (χ0) is 50.3. The Morgan fingerprint density at radius 3 is 1.16 bits per heavy atom. The molecule has 0 bridgehead atoms. The van der Waals surface area contributed by atoms with E-state index < -0.39 is 224 Å². The summed E-state index contributed by atoms with van der Waals surface area (Å²) in [6.07, 6.45) is -53.2. The van der Waals surface area contributed by atoms with E-state index in [-0.39, 0.29) is 5.90 Å². The number of rotatable bonds is 16. The predicted octanol–water partition coefficient (Wildman–Crippen LogP) is -12.6. The van der Waals surface area contributed by atoms with Crippen LogP contribution >= 0.6 is 0 Å². The number of aliphatic hydroxyl groups excluding tert-OH is 18. The molecule has 30 atom stereocenters. The van der Waals surface area contributed by atoms with Crippen molar-refractivity contribution in [2.45, 2.75) is 191 Å². The smallest absolute Gasteiger partial charge is 0.227 e. The van der Waals surface area contributed by atoms with E-state index in [0.29, 0.717) is 0 Å². The van der Waals surface area contributed by atoms with Crippen molar-refractivity contribution in [1.82, 2.24) is 0 Å². The van der Waals surface area contributed by atoms with Crippen molar-refractivity contribution in [3.8, 4) is 0 Å². The fourth-order valence-corrected chi connectivity index (χ4v) is 8.92. The molecule has 18 N–H and O–H groups in total. The van der Waals surface area contributed by atoms with Crippen LogP contribution in [0.3, 0.4) is 0 Å². The van der Waals surface area contributed by atoms with Gasteiger partial charge in [-0.3, -0.25) is 0 Å². The molecule has 69 heavy (non-hydrogen) atoms. The minimum absolute atomic E-state index is 0.131. The second kappa shape index (κ2) is 23.2. The Morgan fingerprint density at radius 1 is 0.362 bits per heavy atom. The third-order valence-electron chi connectivity index (χ3n) is 13.0. The Hall–Kier alpha value is -1.69. The zero-order valence-electron chi connectivity index (χ0n) is 36.5. The van der Waals surface area contributed by atoms with Gasteiger partial charge in [-0.1, -0.05) is 0 Å². The Morgan fingerprint density at radius 2 is 0.710 bits per heavy atom. The number of ether oxygens (including phenoxy) is 12. The fourth-order valence-electron chi connectivity index (χ4n) is 8.92. The van der Waals surface area contributed by atoms with Crippen LogP contribution in [0.1, 0.15) is 6.92 Å². The van der Waals surface area contributed by atoms with Crippen LogP contribution in [0.25, 0.3) is 0 Å². The van der Waals surface area contributed by atoms with Crippen LogP contribution in [-0.4, -0.2) is 322 Å². The number of fused-ring (bicyclic) bond motifs is 1. The molecule has 400 valence electrons. The van der Waals surface area contributed by atoms with Gasteiger partial charge in [-0.15, -0.1) is 0 Å². The van der Waals surface area contributed by atoms with Crippen molar-refractivity contribution < 1.29 is 149 Å². The molecule has 31 nitrogen and oxygen atoms in total. The molecular weight excluding hydrogens is 950 g/mol. The van der Waals surface area contributed by atoms with Gasteiger partial charge in [0.05, 0.1) is 39.6 Å². The first-order chi connectivity index (χ1) is 32.7. The van der Waals surface area contributed by atoms with E-state index in [1.54, 1.807) is 0 Å². The normalized spacial score (nSPS) is 52.8. The molecule has 0 aliphatic carbocycles. The first kappa shape index (κ1) is 55.1. The lowest BCUT2D eigenvalue weighted by Gasteiger charge is -2.48. The highest BCUT2D eigenvalue weighted by Crippen LogP contribution is 2.37. The zero-order valence-corrected chi connectivity index (χ0v) is 36.5. The van der Waals surface area contributed by atoms with Gasteiger partial charge < -0.3 is 149 Å². The van der Waals surface area contributed by atoms with Crippen LogP contribution in [0.4, 0.5) is 0 Å². The number of aliphatic hydroxyl groups is 18. The molecule has 0 radical (unpaired) electrons. The molecule has 0 saturated carbocycles. The lowest BCUT2D eigenvalue weighted by atomic mass is 9.95. The van der Waals surface area contributed by atoms with Gasteiger partial charge in [0.15, 0.2) is 37.3 Å². The Kier molecular flexibility index (Phi) is 18.6. The van der Waals surface area contributed by atoms with Gasteiger partial charge in [0.2, 0.25) is 6.29 Å². The SMILES string of the molecule is CC1=N[C@H]2[C@@H](O1)O[C@H](CO)[C@@H](O[C@@H]1O[C@H](CO[C@H]3O[C@H](CO[C@H]4O[C@H](CO)[C@@H](O)[C@H](O)[C@@H]4O)[C@@H](O)[C@H](O[C@H]4O[C@H](CO)[C@@H](O)[C@H](O)[C@@H]4O)[C@@H]3O)[C@@H](O)[C@H](O[C@H]3O[C@H](CO)[C@@H](O)[C@H](O)[C@@H]3O)[C@@H]1O)[C@@H]2O. The van der Waals surface area contributed by atoms with Crippen LogP contribution in [-0.2, 0) is 56.8 Å². The quantitative estimate of drug-likeness (QED) is 0.0682. The number of hydrogen-bond donors (Lipinski definition) is 18. The van der Waals surface area contributed by atoms with Gasteiger partial charge in [-0.2, -0.15) is 0 Å². The summed E-state index contributed by atoms with van der Waals surface area (Å²) < 4.78 is 68.0. The summed E-state index contributed by atoms with van der Waals surface area (Å²) in [5.41, 5.74) is 0. The lowest BCUT2D eigenvalue weighted by Crippen LogP contribution is -2.67. The Labute approximate surface area is 390 Å². The monoisotopic (exact) mass is 1010 g/mol. The largest absolute Gasteiger partial charge is 0.450 e. The Balaban J connectivity index is 1.14. The lowest BCUT2D eigenvalue weighted by molar-refractivity contribution is -0.384. The maximum Gasteiger partial charge on any atom is 0.227 e. The van der Waals surface area contributed by atoms with Crippen LogP contribution in [0.15, 0.2) is 4.99 Å². The molecule has 7 aliphatic rings. The highest BCUT2D eigenvalue weighted by molar-refractivity contribution is 5.75. The molecule has 31 heteroatoms. The summed E-state index contributed by atoms with van der Waals surface area (Å²) in [6, 6.07) is -1.10. The molecule has 7 heterocycles. The van der Waals surface area contributed by atoms with E-state index in [0.717, 1.165) is 0 Å². The van der Waals surface area contributed by atoms with Gasteiger partial charge in [0, 0.05) is 6.92 Å². The Bertz CT molecular complexity index is 1650. The van der Waals surface area contributed by atoms with E-state index in [1.807, 2.05) is 0 Å². The van der Waals surface area contributed by atoms with Crippen molar-refractivity contribution in [3.05, 3.63) is 0 Å². The summed E-state index contributed by atoms with van der Waals surface area (Å²) in [5.74, 6) is 0.131. The van der Waals surface area contributed by atoms with E-state index in [9.17, 15) is 91.9 Å². The number of hydrogen-bond acceptors (Lipinski definition) is 31. The van der Waals surface area contributed by atoms with E-state index >= 15 is 0 Å². The topological polar surface area (TPSA) is 487 Å². The molecule has 7 aliphatic heterocycles. The van der Waals surface area contributed by atoms with Crippen molar-refractivity contribution in [1.29, 1.82) is 0 Å². The molecular formula is C38H63NO30. The highest BCUT2D eigenvalue weighted by atomic mass is 16.8. The van der Waals surface area contributed by atoms with E-state index in [4.69, 9.17) is 56.8 Å². The van der Waals surface area contributed by atoms with Gasteiger partial charge in [0.1, 0.15) is 146 Å². The average molecular weight is 1010 g/mol. The molecule has 6 saturated heterocycles. The molecule has 0 aromatic rings. The van der Waals surface area contributed by atoms with Crippen LogP contribution in [0.2, 0.25) is 0 Å². The molecule has 0 aromatic heterocycles. The van der Waals surface area contributed by atoms with Crippen LogP contribution < -0.4 is 0 Å². The summed E-state index contributed by atoms with van der Waals surface area (Å²) >= 11 is 0. The van der Waals surface area contributed by atoms with Crippen LogP contribution in [0.5, 0.6) is 0 Å². The van der Waals surface area contributed by atoms with Crippen molar-refractivity contribution in [3.63, 3.8) is 0 Å². The molecule has 7 rings (SSSR count). The van der Waals surface area contributed by atoms with Crippen LogP contribution in [0, 0.1) is 0 Å². The van der Waals surface area contributed by atoms with Crippen molar-refractivity contribution in [2.75, 3.05) is 39.6 Å². The highest BCUT2D eigenvalue weighted by Gasteiger charge is 2.57. The maximum absolute atomic E-state index is 11.7. The summed E-state index contributed by atoms with van der Waals surface area (Å²) in [5, 5.41) is 191. The molecule has 0 aromatic carbocycles. The standard InChI is InChI=1S/C38H63NO30/c1-8-39-15-21(49)30(12(5-43)64-33(15)60-8)67-38-29(57)32(69-37-27(55)24(52)18(46)11(4-42)63-37)20(48)14(66-38)7-59-35-28(56)31(68-36-26(54)23(51)17(45)10(3-41)62-36)19(47)13(65-35)6-58-34-25(53)22(50)16(44)9(2-40)61-34/h9-38,40-57H,2-7H2,1H3/t9-,10-,11-,12-,13-,14-,15-,16-,17-,18-,19-,20-,21-,22+,23+,24+,25+,26+,27+,28+,29+,30-,31+,32+,33+,34+,35+,36-,37-,38+/m1/s1. The molecule has 6 fully saturated rings. The van der Waals surface area contributed by atoms with Gasteiger partial charge in [0.25, 0.3) is 0 Å². The second-order valence-corrected chi connectivity index (χ2v) is 17.6. The van der Waals surface area contributed by atoms with E-state index in [1.165, 1.54) is 6.92 Å². The van der Waals surface area contributed by atoms with Crippen molar-refractivity contribution >= 4 is 5.90 Å². The molecule has 0 amide bonds. The van der Waals surface area contributed by atoms with Gasteiger partial charge in [-0.25, -0.2) is 4.99 Å². The number of nitrogens with zero attached hydrogens (tertiary/aromatic N) is 1. The minimum Gasteiger partial charge on any atom is -0.450 e. The number of aliphatic imine (C=N–C) groups is 1.